The number of carbonyl (C=O) groups excluding carboxylic acids is 1. The Balaban J connectivity index is 0.593. The fourth-order valence-electron chi connectivity index (χ4n) is 22.9. The Kier molecular flexibility index (Phi) is 29.7. The van der Waals surface area contributed by atoms with Crippen LogP contribution in [0.5, 0.6) is 0 Å². The summed E-state index contributed by atoms with van der Waals surface area (Å²) in [4.78, 5) is 15.5. The van der Waals surface area contributed by atoms with E-state index >= 15 is 4.79 Å². The molecule has 14 aliphatic rings. The molecule has 5 aliphatic carbocycles. The van der Waals surface area contributed by atoms with Crippen molar-refractivity contribution in [2.75, 3.05) is 46.2 Å². The van der Waals surface area contributed by atoms with Crippen LogP contribution in [0.25, 0.3) is 0 Å². The zero-order valence-electron chi connectivity index (χ0n) is 70.6. The molecule has 43 heteroatoms. The van der Waals surface area contributed by atoms with E-state index in [1.165, 1.54) is 6.92 Å². The standard InChI is InChI=1S/C81H132O43/c1-28-42(87)48(93)55(100)69(111-28)120-63-36(23-84)115-71(60(105)53(63)98)121-62-35(22-83)114-66(58(103)52(62)97)109-26-37-46(91)50(95)57(102)72(117-37)124-75(106)81-18-16-76(3,4)20-31(81)30-10-11-40-78(7)14-13-41(77(5,6)39(78)12-15-80(40,9)79(30,8)17-19-81)118-68-59(104)51(96)61(29(2)112-68)119-73-65(44(89)33(86)24-107-73)123-74-64(43(88)32(85)25-108-74)122-67-54(99)47(92)38(27-110-67)116-70-56(101)49(94)45(90)34(21-82)113-70/h10,28-29,31-74,82-105H,11-27H2,1-9H3/t28-,29+,31-,32+,33+,34-,35-,36-,37-,38-,39-,40-,41+,42-,43+,44+,45-,46-,47+,48+,49+,50+,51+,52-,53-,54-,55+,56-,57-,58-,59-,60-,61+,62-,63-,64-,65-,66-,67+,68+,69+,70+,71+,72+,73+,74+,78-,79+,80-,81+/m1/s1. The highest BCUT2D eigenvalue weighted by Gasteiger charge is 2.71. The quantitative estimate of drug-likeness (QED) is 0.0272. The van der Waals surface area contributed by atoms with Gasteiger partial charge in [-0.1, -0.05) is 60.1 Å². The lowest BCUT2D eigenvalue weighted by molar-refractivity contribution is -0.389. The Labute approximate surface area is 714 Å². The van der Waals surface area contributed by atoms with Gasteiger partial charge in [0.25, 0.3) is 0 Å². The Morgan fingerprint density at radius 1 is 0.387 bits per heavy atom. The van der Waals surface area contributed by atoms with Crippen LogP contribution in [0.15, 0.2) is 11.6 Å². The van der Waals surface area contributed by atoms with Crippen LogP contribution in [0.1, 0.15) is 127 Å². The molecule has 0 bridgehead atoms. The predicted molar refractivity (Wildman–Crippen MR) is 405 cm³/mol. The number of hydrogen-bond acceptors (Lipinski definition) is 43. The summed E-state index contributed by atoms with van der Waals surface area (Å²) in [6, 6.07) is 0. The smallest absolute Gasteiger partial charge is 0.315 e. The summed E-state index contributed by atoms with van der Waals surface area (Å²) < 4.78 is 107. The van der Waals surface area contributed by atoms with Crippen LogP contribution in [0.3, 0.4) is 0 Å². The van der Waals surface area contributed by atoms with Crippen molar-refractivity contribution in [3.05, 3.63) is 11.6 Å². The molecule has 714 valence electrons. The summed E-state index contributed by atoms with van der Waals surface area (Å²) in [5, 5.41) is 263. The maximum absolute atomic E-state index is 15.5. The Bertz CT molecular complexity index is 3570. The molecule has 0 radical (unpaired) electrons. The molecule has 24 N–H and O–H groups in total. The largest absolute Gasteiger partial charge is 0.432 e. The molecule has 124 heavy (non-hydrogen) atoms. The molecular weight excluding hydrogens is 1660 g/mol. The first-order valence-electron chi connectivity index (χ1n) is 43.3. The second-order valence-electron chi connectivity index (χ2n) is 39.0. The van der Waals surface area contributed by atoms with Crippen molar-refractivity contribution in [3.8, 4) is 0 Å². The van der Waals surface area contributed by atoms with Gasteiger partial charge in [-0.2, -0.15) is 0 Å². The van der Waals surface area contributed by atoms with E-state index in [4.69, 9.17) is 85.3 Å². The Hall–Kier alpha value is -2.43. The van der Waals surface area contributed by atoms with Gasteiger partial charge < -0.3 is 208 Å². The highest BCUT2D eigenvalue weighted by molar-refractivity contribution is 5.79. The molecule has 50 atom stereocenters. The number of fused-ring (bicyclic) bond motifs is 7. The van der Waals surface area contributed by atoms with Crippen molar-refractivity contribution < 1.29 is 213 Å². The summed E-state index contributed by atoms with van der Waals surface area (Å²) in [7, 11) is 0. The normalized spacial score (nSPS) is 54.7. The Morgan fingerprint density at radius 3 is 1.44 bits per heavy atom. The first-order chi connectivity index (χ1) is 58.3. The summed E-state index contributed by atoms with van der Waals surface area (Å²) >= 11 is 0. The van der Waals surface area contributed by atoms with Crippen LogP contribution in [-0.2, 0) is 90.1 Å². The third-order valence-electron chi connectivity index (χ3n) is 30.7. The van der Waals surface area contributed by atoms with E-state index in [2.05, 4.69) is 54.5 Å². The van der Waals surface area contributed by atoms with Gasteiger partial charge in [-0.25, -0.2) is 0 Å². The van der Waals surface area contributed by atoms with Gasteiger partial charge in [-0.15, -0.1) is 0 Å². The summed E-state index contributed by atoms with van der Waals surface area (Å²) in [5.74, 6) is -0.849. The molecule has 0 amide bonds. The minimum absolute atomic E-state index is 0.0501. The zero-order valence-corrected chi connectivity index (χ0v) is 70.6. The molecule has 14 rings (SSSR count). The van der Waals surface area contributed by atoms with E-state index in [0.29, 0.717) is 51.4 Å². The number of allylic oxidation sites excluding steroid dienone is 2. The van der Waals surface area contributed by atoms with Crippen LogP contribution >= 0.6 is 0 Å². The van der Waals surface area contributed by atoms with Crippen molar-refractivity contribution in [2.24, 2.45) is 50.2 Å². The van der Waals surface area contributed by atoms with Gasteiger partial charge in [-0.3, -0.25) is 4.79 Å². The van der Waals surface area contributed by atoms with Crippen LogP contribution < -0.4 is 0 Å². The highest BCUT2D eigenvalue weighted by Crippen LogP contribution is 2.76. The molecule has 9 saturated heterocycles. The molecule has 9 heterocycles. The minimum Gasteiger partial charge on any atom is -0.432 e. The van der Waals surface area contributed by atoms with Gasteiger partial charge in [-0.05, 0) is 123 Å². The van der Waals surface area contributed by atoms with Crippen molar-refractivity contribution in [1.82, 2.24) is 0 Å². The summed E-state index contributed by atoms with van der Waals surface area (Å²) in [5.41, 5.74) is -1.86. The number of rotatable bonds is 22. The average Bonchev–Trinajstić information content (AvgIpc) is 0.673. The SMILES string of the molecule is C[C@@H]1O[C@@H](O[C@H]2CC[C@]3(C)[C@H](CC[C@]4(C)[C@@H]3CC=C3[C@H]5CC(C)(C)CC[C@]5(C(=O)O[C@@H]5O[C@H](CO[C@@H]6O[C@H](CO)[C@@H](O[C@@H]7O[C@H](CO)[C@@H](O[C@@H]8O[C@H](C)[C@@H](O)[C@H](O)[C@@H]8O)[C@H](O)[C@H]7O)[C@H](O)[C@H]6O)[C@@H](O)[C@H](O)[C@H]5O)CC[C@@]34C)C2(C)C)[C@H](O)[C@H](O)[C@H]1O[C@@H]1OC[C@H](O)[C@H](O)[C@H]1O[C@@H]1OC[C@H](O)[C@H](O)[C@H]1O[C@@H]1OC[C@@H](O[C@@H]2O[C@H](CO)[C@@H](O)[C@H](O)[C@H]2O)[C@H](O)[C@H]1O. The van der Waals surface area contributed by atoms with E-state index in [9.17, 15) is 123 Å². The van der Waals surface area contributed by atoms with Crippen molar-refractivity contribution in [2.45, 2.75) is 391 Å². The van der Waals surface area contributed by atoms with Crippen LogP contribution in [0.4, 0.5) is 0 Å². The number of esters is 1. The lowest BCUT2D eigenvalue weighted by atomic mass is 9.33. The van der Waals surface area contributed by atoms with Crippen molar-refractivity contribution in [3.63, 3.8) is 0 Å². The van der Waals surface area contributed by atoms with Gasteiger partial charge in [0, 0.05) is 0 Å². The van der Waals surface area contributed by atoms with E-state index < -0.39 is 333 Å². The van der Waals surface area contributed by atoms with Gasteiger partial charge in [0.05, 0.1) is 70.0 Å². The maximum atomic E-state index is 15.5. The number of hydrogen-bond donors (Lipinski definition) is 24. The zero-order chi connectivity index (χ0) is 90.2. The van der Waals surface area contributed by atoms with E-state index in [1.54, 1.807) is 6.92 Å². The molecule has 0 unspecified atom stereocenters. The first-order valence-corrected chi connectivity index (χ1v) is 43.3. The molecular formula is C81H132O43. The third-order valence-corrected chi connectivity index (χ3v) is 30.7. The number of aliphatic hydroxyl groups is 24. The molecule has 0 aromatic carbocycles. The van der Waals surface area contributed by atoms with E-state index in [1.807, 2.05) is 0 Å². The Morgan fingerprint density at radius 2 is 0.839 bits per heavy atom. The predicted octanol–water partition coefficient (Wildman–Crippen LogP) is -8.94. The second kappa shape index (κ2) is 37.8. The number of aliphatic hydroxyl groups excluding tert-OH is 24. The monoisotopic (exact) mass is 1790 g/mol. The molecule has 43 nitrogen and oxygen atoms in total. The summed E-state index contributed by atoms with van der Waals surface area (Å²) in [6.45, 7) is 13.6. The maximum Gasteiger partial charge on any atom is 0.315 e. The van der Waals surface area contributed by atoms with Crippen LogP contribution in [0, 0.1) is 50.2 Å². The number of carbonyl (C=O) groups is 1. The fraction of sp³-hybridized carbons (Fsp3) is 0.963. The van der Waals surface area contributed by atoms with E-state index in [-0.39, 0.29) is 34.0 Å². The fourth-order valence-corrected chi connectivity index (χ4v) is 22.9. The van der Waals surface area contributed by atoms with Gasteiger partial charge in [0.2, 0.25) is 6.29 Å². The molecule has 9 aliphatic heterocycles. The second-order valence-corrected chi connectivity index (χ2v) is 39.0. The molecule has 4 saturated carbocycles. The van der Waals surface area contributed by atoms with Gasteiger partial charge in [0.1, 0.15) is 189 Å². The minimum atomic E-state index is -2.04. The molecule has 0 spiro atoms. The molecule has 13 fully saturated rings. The van der Waals surface area contributed by atoms with Gasteiger partial charge in [0.15, 0.2) is 50.3 Å². The average molecular weight is 1790 g/mol. The summed E-state index contributed by atoms with van der Waals surface area (Å²) in [6.07, 6.45) is -64.7. The van der Waals surface area contributed by atoms with E-state index in [0.717, 1.165) is 18.4 Å². The number of ether oxygens (including phenoxy) is 18. The third kappa shape index (κ3) is 17.7. The topological polar surface area (TPSA) is 669 Å². The van der Waals surface area contributed by atoms with Crippen molar-refractivity contribution in [1.29, 1.82) is 0 Å². The lowest BCUT2D eigenvalue weighted by Crippen LogP contribution is -2.66. The van der Waals surface area contributed by atoms with Crippen LogP contribution in [0.2, 0.25) is 0 Å². The lowest BCUT2D eigenvalue weighted by Gasteiger charge is -2.71. The highest BCUT2D eigenvalue weighted by atomic mass is 16.8. The van der Waals surface area contributed by atoms with Crippen LogP contribution in [-0.4, -0.2) is 439 Å². The molecule has 0 aromatic rings. The first kappa shape index (κ1) is 97.6. The molecule has 0 aromatic heterocycles. The van der Waals surface area contributed by atoms with Crippen molar-refractivity contribution >= 4 is 5.97 Å². The van der Waals surface area contributed by atoms with Gasteiger partial charge >= 0.3 is 5.97 Å².